The van der Waals surface area contributed by atoms with Gasteiger partial charge in [0.2, 0.25) is 0 Å². The van der Waals surface area contributed by atoms with Crippen molar-refractivity contribution in [3.63, 3.8) is 0 Å². The van der Waals surface area contributed by atoms with Gasteiger partial charge in [0.25, 0.3) is 0 Å². The zero-order chi connectivity index (χ0) is 34.6. The van der Waals surface area contributed by atoms with E-state index in [-0.39, 0.29) is 53.5 Å². The van der Waals surface area contributed by atoms with Gasteiger partial charge in [-0.05, 0) is 74.8 Å². The fraction of sp³-hybridized carbons (Fsp3) is 0.367. The Balaban J connectivity index is 1.64. The highest BCUT2D eigenvalue weighted by atomic mass is 32.3. The molecule has 0 aliphatic carbocycles. The number of sulfone groups is 2. The average molecular weight is 702 g/mol. The second-order valence-electron chi connectivity index (χ2n) is 11.5. The maximum Gasteiger partial charge on any atom is 0.418 e. The van der Waals surface area contributed by atoms with Crippen molar-refractivity contribution in [3.8, 4) is 11.3 Å². The molecule has 47 heavy (non-hydrogen) atoms. The van der Waals surface area contributed by atoms with E-state index in [0.717, 1.165) is 36.8 Å². The van der Waals surface area contributed by atoms with Crippen molar-refractivity contribution >= 4 is 42.1 Å². The van der Waals surface area contributed by atoms with E-state index in [1.165, 1.54) is 36.5 Å². The standard InChI is InChI=1S/C30H29F6N5O4S2/c1-18(41-15-5-13-28(17-41,46(2,42)43)47(3,44)45)26-39-24-16-19(25-23(30(34,35)36)6-4-14-37-25)7-12-22(24)27(40-26)38-21-10-8-20(9-11-21)29(31,32)33/h4,6-12,14,16,18H,5,13,15,17H2,1-3H3,(H,38,39,40). The van der Waals surface area contributed by atoms with E-state index in [0.29, 0.717) is 11.9 Å². The molecule has 5 rings (SSSR count). The van der Waals surface area contributed by atoms with E-state index in [2.05, 4.69) is 20.3 Å². The zero-order valence-electron chi connectivity index (χ0n) is 25.2. The molecule has 9 nitrogen and oxygen atoms in total. The molecule has 1 saturated heterocycles. The number of pyridine rings is 1. The Morgan fingerprint density at radius 3 is 2.15 bits per heavy atom. The zero-order valence-corrected chi connectivity index (χ0v) is 26.8. The van der Waals surface area contributed by atoms with Crippen molar-refractivity contribution < 1.29 is 43.2 Å². The third-order valence-electron chi connectivity index (χ3n) is 8.30. The fourth-order valence-electron chi connectivity index (χ4n) is 5.71. The van der Waals surface area contributed by atoms with E-state index >= 15 is 0 Å². The van der Waals surface area contributed by atoms with E-state index < -0.39 is 53.3 Å². The summed E-state index contributed by atoms with van der Waals surface area (Å²) in [6.07, 6.45) is -6.21. The Labute approximate surface area is 266 Å². The van der Waals surface area contributed by atoms with Crippen LogP contribution in [0.15, 0.2) is 60.8 Å². The van der Waals surface area contributed by atoms with Crippen LogP contribution in [0.25, 0.3) is 22.2 Å². The first-order valence-corrected chi connectivity index (χ1v) is 17.9. The number of hydrogen-bond acceptors (Lipinski definition) is 9. The number of aromatic nitrogens is 3. The van der Waals surface area contributed by atoms with Crippen molar-refractivity contribution in [1.82, 2.24) is 19.9 Å². The number of rotatable bonds is 7. The summed E-state index contributed by atoms with van der Waals surface area (Å²) in [6.45, 7) is 1.55. The molecular weight excluding hydrogens is 672 g/mol. The van der Waals surface area contributed by atoms with E-state index in [1.54, 1.807) is 11.8 Å². The number of piperidine rings is 1. The molecule has 0 saturated carbocycles. The maximum absolute atomic E-state index is 13.8. The van der Waals surface area contributed by atoms with Gasteiger partial charge in [-0.1, -0.05) is 6.07 Å². The number of hydrogen-bond donors (Lipinski definition) is 1. The van der Waals surface area contributed by atoms with Gasteiger partial charge in [-0.2, -0.15) is 26.3 Å². The summed E-state index contributed by atoms with van der Waals surface area (Å²) in [5, 5.41) is 3.27. The number of fused-ring (bicyclic) bond motifs is 1. The molecule has 1 N–H and O–H groups in total. The molecule has 2 aromatic heterocycles. The molecule has 1 unspecified atom stereocenters. The Morgan fingerprint density at radius 2 is 1.55 bits per heavy atom. The molecule has 1 aliphatic heterocycles. The maximum atomic E-state index is 13.8. The first-order chi connectivity index (χ1) is 21.7. The number of alkyl halides is 6. The Kier molecular flexibility index (Phi) is 8.81. The van der Waals surface area contributed by atoms with Crippen LogP contribution in [0.2, 0.25) is 0 Å². The smallest absolute Gasteiger partial charge is 0.340 e. The number of nitrogens with zero attached hydrogens (tertiary/aromatic N) is 4. The Hall–Kier alpha value is -3.83. The lowest BCUT2D eigenvalue weighted by atomic mass is 10.0. The molecule has 1 fully saturated rings. The lowest BCUT2D eigenvalue weighted by molar-refractivity contribution is -0.138. The van der Waals surface area contributed by atoms with Gasteiger partial charge in [0.05, 0.1) is 28.4 Å². The highest BCUT2D eigenvalue weighted by Crippen LogP contribution is 2.40. The average Bonchev–Trinajstić information content (AvgIpc) is 2.98. The lowest BCUT2D eigenvalue weighted by Crippen LogP contribution is -2.57. The quantitative estimate of drug-likeness (QED) is 0.218. The summed E-state index contributed by atoms with van der Waals surface area (Å²) in [5.41, 5.74) is -1.76. The van der Waals surface area contributed by atoms with Crippen molar-refractivity contribution in [1.29, 1.82) is 0 Å². The summed E-state index contributed by atoms with van der Waals surface area (Å²) < 4.78 is 130. The summed E-state index contributed by atoms with van der Waals surface area (Å²) in [6, 6.07) is 9.60. The molecule has 0 spiro atoms. The number of anilines is 2. The minimum atomic E-state index is -4.71. The Morgan fingerprint density at radius 1 is 0.894 bits per heavy atom. The van der Waals surface area contributed by atoms with Gasteiger partial charge in [-0.25, -0.2) is 26.8 Å². The summed E-state index contributed by atoms with van der Waals surface area (Å²) in [4.78, 5) is 14.7. The molecule has 0 amide bonds. The van der Waals surface area contributed by atoms with Crippen LogP contribution in [0, 0.1) is 0 Å². The lowest BCUT2D eigenvalue weighted by Gasteiger charge is -2.42. The first-order valence-electron chi connectivity index (χ1n) is 14.1. The minimum Gasteiger partial charge on any atom is -0.340 e. The van der Waals surface area contributed by atoms with Gasteiger partial charge in [0, 0.05) is 41.9 Å². The van der Waals surface area contributed by atoms with Crippen LogP contribution in [-0.4, -0.2) is 66.4 Å². The van der Waals surface area contributed by atoms with Gasteiger partial charge in [-0.15, -0.1) is 0 Å². The van der Waals surface area contributed by atoms with Gasteiger partial charge < -0.3 is 5.32 Å². The topological polar surface area (TPSA) is 122 Å². The third-order valence-corrected chi connectivity index (χ3v) is 13.5. The van der Waals surface area contributed by atoms with Crippen LogP contribution in [0.3, 0.4) is 0 Å². The molecule has 17 heteroatoms. The highest BCUT2D eigenvalue weighted by molar-refractivity contribution is 8.09. The van der Waals surface area contributed by atoms with Crippen LogP contribution in [0.4, 0.5) is 37.8 Å². The molecule has 2 aromatic carbocycles. The van der Waals surface area contributed by atoms with Crippen LogP contribution < -0.4 is 5.32 Å². The second kappa shape index (κ2) is 12.0. The molecule has 0 radical (unpaired) electrons. The number of halogens is 6. The molecule has 252 valence electrons. The second-order valence-corrected chi connectivity index (χ2v) is 16.4. The van der Waals surface area contributed by atoms with Gasteiger partial charge in [-0.3, -0.25) is 9.88 Å². The van der Waals surface area contributed by atoms with Crippen molar-refractivity contribution in [2.45, 2.75) is 42.2 Å². The van der Waals surface area contributed by atoms with Gasteiger partial charge in [0.1, 0.15) is 11.6 Å². The monoisotopic (exact) mass is 701 g/mol. The van der Waals surface area contributed by atoms with Crippen LogP contribution in [0.1, 0.15) is 42.8 Å². The summed E-state index contributed by atoms with van der Waals surface area (Å²) in [5.74, 6) is 0.175. The number of nitrogens with one attached hydrogen (secondary N) is 1. The van der Waals surface area contributed by atoms with Crippen LogP contribution in [-0.2, 0) is 32.0 Å². The largest absolute Gasteiger partial charge is 0.418 e. The fourth-order valence-corrected chi connectivity index (χ4v) is 9.74. The number of benzene rings is 2. The third kappa shape index (κ3) is 6.78. The van der Waals surface area contributed by atoms with Gasteiger partial charge >= 0.3 is 12.4 Å². The molecule has 0 bridgehead atoms. The summed E-state index contributed by atoms with van der Waals surface area (Å²) in [7, 11) is -8.21. The molecule has 4 aromatic rings. The predicted molar refractivity (Wildman–Crippen MR) is 164 cm³/mol. The van der Waals surface area contributed by atoms with Crippen LogP contribution >= 0.6 is 0 Å². The molecular formula is C30H29F6N5O4S2. The van der Waals surface area contributed by atoms with E-state index in [9.17, 15) is 43.2 Å². The van der Waals surface area contributed by atoms with Gasteiger partial charge in [0.15, 0.2) is 23.8 Å². The number of likely N-dealkylation sites (tertiary alicyclic amines) is 1. The van der Waals surface area contributed by atoms with Crippen molar-refractivity contribution in [3.05, 3.63) is 77.7 Å². The minimum absolute atomic E-state index is 0.0685. The van der Waals surface area contributed by atoms with E-state index in [1.807, 2.05) is 0 Å². The van der Waals surface area contributed by atoms with Crippen molar-refractivity contribution in [2.24, 2.45) is 0 Å². The van der Waals surface area contributed by atoms with Crippen LogP contribution in [0.5, 0.6) is 0 Å². The summed E-state index contributed by atoms with van der Waals surface area (Å²) >= 11 is 0. The van der Waals surface area contributed by atoms with Crippen molar-refractivity contribution in [2.75, 3.05) is 30.9 Å². The first kappa shape index (κ1) is 34.5. The highest BCUT2D eigenvalue weighted by Gasteiger charge is 2.53. The molecule has 1 atom stereocenters. The Bertz CT molecular complexity index is 2000. The molecule has 1 aliphatic rings. The normalized spacial score (nSPS) is 17.0. The molecule has 3 heterocycles. The SMILES string of the molecule is CC(c1nc(Nc2ccc(C(F)(F)F)cc2)c2ccc(-c3ncccc3C(F)(F)F)cc2n1)N1CCCC(S(C)(=O)=O)(S(C)(=O)=O)C1. The predicted octanol–water partition coefficient (Wildman–Crippen LogP) is 6.42. The van der Waals surface area contributed by atoms with E-state index in [4.69, 9.17) is 0 Å².